The molecule has 0 unspecified atom stereocenters. The van der Waals surface area contributed by atoms with Crippen molar-refractivity contribution in [3.63, 3.8) is 0 Å². The lowest BCUT2D eigenvalue weighted by molar-refractivity contribution is 0.102. The smallest absolute Gasteiger partial charge is 0.172 e. The first-order chi connectivity index (χ1) is 5.24. The van der Waals surface area contributed by atoms with Gasteiger partial charge in [-0.3, -0.25) is 4.79 Å². The van der Waals surface area contributed by atoms with E-state index in [4.69, 9.17) is 0 Å². The van der Waals surface area contributed by atoms with E-state index in [1.807, 2.05) is 24.3 Å². The Morgan fingerprint density at radius 2 is 2.27 bits per heavy atom. The summed E-state index contributed by atoms with van der Waals surface area (Å²) in [6.45, 7) is 0. The van der Waals surface area contributed by atoms with Crippen molar-refractivity contribution in [3.8, 4) is 0 Å². The number of carbonyl (C=O) groups excluding carboxylic acids is 1. The van der Waals surface area contributed by atoms with E-state index in [0.29, 0.717) is 4.43 Å². The van der Waals surface area contributed by atoms with Gasteiger partial charge in [-0.15, -0.1) is 0 Å². The Labute approximate surface area is 87.5 Å². The van der Waals surface area contributed by atoms with Crippen molar-refractivity contribution in [3.05, 3.63) is 34.3 Å². The van der Waals surface area contributed by atoms with Crippen LogP contribution in [-0.2, 0) is 0 Å². The lowest BCUT2D eigenvalue weighted by Crippen LogP contribution is -1.98. The highest BCUT2D eigenvalue weighted by Crippen LogP contribution is 2.12. The van der Waals surface area contributed by atoms with Crippen LogP contribution in [0.5, 0.6) is 0 Å². The fraction of sp³-hybridized carbons (Fsp3) is 0.125. The number of hydrogen-bond donors (Lipinski definition) is 0. The molecule has 1 aromatic carbocycles. The fourth-order valence-electron chi connectivity index (χ4n) is 0.739. The van der Waals surface area contributed by atoms with Crippen molar-refractivity contribution in [2.24, 2.45) is 0 Å². The van der Waals surface area contributed by atoms with Crippen molar-refractivity contribution >= 4 is 44.3 Å². The molecule has 0 aromatic heterocycles. The molecule has 1 rings (SSSR count). The predicted octanol–water partition coefficient (Wildman–Crippen LogP) is 3.07. The van der Waals surface area contributed by atoms with E-state index < -0.39 is 0 Å². The van der Waals surface area contributed by atoms with Gasteiger partial charge in [0.2, 0.25) is 0 Å². The molecule has 58 valence electrons. The van der Waals surface area contributed by atoms with E-state index in [-0.39, 0.29) is 5.78 Å². The number of Topliss-reactive ketones (excluding diaryl/α,β-unsaturated/α-hetero) is 1. The summed E-state index contributed by atoms with van der Waals surface area (Å²) in [6.07, 6.45) is 0. The van der Waals surface area contributed by atoms with Crippen LogP contribution in [0, 0.1) is 0 Å². The van der Waals surface area contributed by atoms with Gasteiger partial charge in [-0.1, -0.05) is 50.7 Å². The molecule has 1 aromatic rings. The lowest BCUT2D eigenvalue weighted by Gasteiger charge is -1.96. The zero-order valence-corrected chi connectivity index (χ0v) is 9.42. The Morgan fingerprint density at radius 1 is 1.55 bits per heavy atom. The van der Waals surface area contributed by atoms with Gasteiger partial charge in [0.15, 0.2) is 5.78 Å². The first-order valence-corrected chi connectivity index (χ1v) is 5.40. The molecule has 0 aliphatic heterocycles. The molecule has 1 nitrogen and oxygen atoms in total. The lowest BCUT2D eigenvalue weighted by atomic mass is 10.2. The highest BCUT2D eigenvalue weighted by atomic mass is 127. The third kappa shape index (κ3) is 2.56. The molecule has 0 aliphatic carbocycles. The van der Waals surface area contributed by atoms with Crippen molar-refractivity contribution in [2.45, 2.75) is 0 Å². The van der Waals surface area contributed by atoms with Gasteiger partial charge in [-0.25, -0.2) is 0 Å². The first kappa shape index (κ1) is 9.19. The summed E-state index contributed by atoms with van der Waals surface area (Å²) in [5.74, 6) is 0.173. The molecule has 0 amide bonds. The van der Waals surface area contributed by atoms with E-state index in [0.717, 1.165) is 10.0 Å². The fourth-order valence-corrected chi connectivity index (χ4v) is 1.58. The Kier molecular flexibility index (Phi) is 3.51. The summed E-state index contributed by atoms with van der Waals surface area (Å²) in [5, 5.41) is 0. The molecule has 3 heteroatoms. The van der Waals surface area contributed by atoms with Gasteiger partial charge in [-0.2, -0.15) is 0 Å². The highest BCUT2D eigenvalue weighted by Gasteiger charge is 2.02. The van der Waals surface area contributed by atoms with E-state index in [1.54, 1.807) is 0 Å². The largest absolute Gasteiger partial charge is 0.293 e. The topological polar surface area (TPSA) is 17.1 Å². The number of hydrogen-bond acceptors (Lipinski definition) is 1. The molecular weight excluding hydrogens is 319 g/mol. The number of halogens is 2. The second kappa shape index (κ2) is 4.21. The number of benzene rings is 1. The standard InChI is InChI=1S/C8H6BrIO/c9-7-3-1-2-6(4-7)8(11)5-10/h1-4H,5H2. The number of alkyl halides is 1. The molecule has 0 aliphatic rings. The zero-order chi connectivity index (χ0) is 8.27. The second-order valence-corrected chi connectivity index (χ2v) is 3.75. The molecule has 0 saturated carbocycles. The van der Waals surface area contributed by atoms with E-state index >= 15 is 0 Å². The minimum atomic E-state index is 0.173. The molecule has 0 spiro atoms. The van der Waals surface area contributed by atoms with Crippen molar-refractivity contribution in [1.29, 1.82) is 0 Å². The Balaban J connectivity index is 2.96. The van der Waals surface area contributed by atoms with Gasteiger partial charge in [-0.05, 0) is 12.1 Å². The normalized spacial score (nSPS) is 9.64. The molecule has 0 atom stereocenters. The minimum Gasteiger partial charge on any atom is -0.293 e. The first-order valence-electron chi connectivity index (χ1n) is 3.09. The van der Waals surface area contributed by atoms with Crippen LogP contribution in [0.3, 0.4) is 0 Å². The van der Waals surface area contributed by atoms with Crippen molar-refractivity contribution in [1.82, 2.24) is 0 Å². The maximum Gasteiger partial charge on any atom is 0.172 e. The predicted molar refractivity (Wildman–Crippen MR) is 57.4 cm³/mol. The SMILES string of the molecule is O=C(CI)c1cccc(Br)c1. The quantitative estimate of drug-likeness (QED) is 0.464. The maximum atomic E-state index is 11.1. The Hall–Kier alpha value is 0.1000. The van der Waals surface area contributed by atoms with Gasteiger partial charge in [0, 0.05) is 10.0 Å². The van der Waals surface area contributed by atoms with Crippen LogP contribution in [0.4, 0.5) is 0 Å². The molecule has 0 fully saturated rings. The summed E-state index contributed by atoms with van der Waals surface area (Å²) in [5.41, 5.74) is 0.772. The molecule has 0 heterocycles. The summed E-state index contributed by atoms with van der Waals surface area (Å²) in [4.78, 5) is 11.1. The molecule has 0 saturated heterocycles. The average Bonchev–Trinajstić information content (AvgIpc) is 2.03. The molecule has 0 N–H and O–H groups in total. The van der Waals surface area contributed by atoms with E-state index in [2.05, 4.69) is 38.5 Å². The molecule has 0 bridgehead atoms. The molecule has 0 radical (unpaired) electrons. The highest BCUT2D eigenvalue weighted by molar-refractivity contribution is 14.1. The summed E-state index contributed by atoms with van der Waals surface area (Å²) in [6, 6.07) is 7.43. The molecular formula is C8H6BrIO. The van der Waals surface area contributed by atoms with Crippen LogP contribution >= 0.6 is 38.5 Å². The summed E-state index contributed by atoms with van der Waals surface area (Å²) < 4.78 is 1.49. The van der Waals surface area contributed by atoms with Crippen LogP contribution in [0.25, 0.3) is 0 Å². The van der Waals surface area contributed by atoms with Gasteiger partial charge < -0.3 is 0 Å². The maximum absolute atomic E-state index is 11.1. The Bertz CT molecular complexity index is 273. The van der Waals surface area contributed by atoms with E-state index in [1.165, 1.54) is 0 Å². The second-order valence-electron chi connectivity index (χ2n) is 2.07. The van der Waals surface area contributed by atoms with Crippen molar-refractivity contribution < 1.29 is 4.79 Å². The van der Waals surface area contributed by atoms with Crippen LogP contribution in [-0.4, -0.2) is 10.2 Å². The van der Waals surface area contributed by atoms with Crippen LogP contribution in [0.2, 0.25) is 0 Å². The number of rotatable bonds is 2. The Morgan fingerprint density at radius 3 is 2.82 bits per heavy atom. The monoisotopic (exact) mass is 324 g/mol. The summed E-state index contributed by atoms with van der Waals surface area (Å²) >= 11 is 5.37. The average molecular weight is 325 g/mol. The van der Waals surface area contributed by atoms with Crippen LogP contribution in [0.1, 0.15) is 10.4 Å². The van der Waals surface area contributed by atoms with Crippen LogP contribution < -0.4 is 0 Å². The minimum absolute atomic E-state index is 0.173. The van der Waals surface area contributed by atoms with Crippen LogP contribution in [0.15, 0.2) is 28.7 Å². The third-order valence-corrected chi connectivity index (χ3v) is 2.45. The number of ketones is 1. The number of carbonyl (C=O) groups is 1. The zero-order valence-electron chi connectivity index (χ0n) is 5.68. The summed E-state index contributed by atoms with van der Waals surface area (Å²) in [7, 11) is 0. The third-order valence-electron chi connectivity index (χ3n) is 1.27. The van der Waals surface area contributed by atoms with Gasteiger partial charge in [0.05, 0.1) is 4.43 Å². The van der Waals surface area contributed by atoms with Gasteiger partial charge in [0.25, 0.3) is 0 Å². The van der Waals surface area contributed by atoms with Gasteiger partial charge >= 0.3 is 0 Å². The molecule has 11 heavy (non-hydrogen) atoms. The van der Waals surface area contributed by atoms with Crippen molar-refractivity contribution in [2.75, 3.05) is 4.43 Å². The van der Waals surface area contributed by atoms with Gasteiger partial charge in [0.1, 0.15) is 0 Å². The van der Waals surface area contributed by atoms with E-state index in [9.17, 15) is 4.79 Å².